The van der Waals surface area contributed by atoms with E-state index in [9.17, 15) is 45.5 Å². The van der Waals surface area contributed by atoms with Crippen LogP contribution in [-0.4, -0.2) is 143 Å². The Kier molecular flexibility index (Phi) is 21.9. The van der Waals surface area contributed by atoms with E-state index in [1.807, 2.05) is 62.6 Å². The fourth-order valence-electron chi connectivity index (χ4n) is 12.6. The molecule has 6 aromatic carbocycles. The Morgan fingerprint density at radius 1 is 0.429 bits per heavy atom. The summed E-state index contributed by atoms with van der Waals surface area (Å²) in [5, 5.41) is 0. The van der Waals surface area contributed by atoms with Gasteiger partial charge in [-0.3, -0.25) is 19.2 Å². The first-order chi connectivity index (χ1) is 43.3. The Morgan fingerprint density at radius 2 is 0.747 bits per heavy atom. The van der Waals surface area contributed by atoms with Crippen molar-refractivity contribution in [2.45, 2.75) is 69.4 Å². The molecule has 0 aliphatic carbocycles. The van der Waals surface area contributed by atoms with Crippen molar-refractivity contribution in [3.63, 3.8) is 0 Å². The molecule has 0 aromatic heterocycles. The van der Waals surface area contributed by atoms with Crippen LogP contribution in [0.15, 0.2) is 109 Å². The maximum atomic E-state index is 14.7. The molecule has 0 saturated carbocycles. The number of hydrogen-bond acceptors (Lipinski definition) is 14. The summed E-state index contributed by atoms with van der Waals surface area (Å²) in [6.45, 7) is 0.251. The summed E-state index contributed by atoms with van der Waals surface area (Å²) in [4.78, 5) is 58.5. The summed E-state index contributed by atoms with van der Waals surface area (Å²) in [7, 11) is 16.1. The van der Waals surface area contributed by atoms with E-state index in [4.69, 9.17) is 47.4 Å². The molecule has 22 heteroatoms. The lowest BCUT2D eigenvalue weighted by atomic mass is 9.84. The predicted molar refractivity (Wildman–Crippen MR) is 325 cm³/mol. The predicted octanol–water partition coefficient (Wildman–Crippen LogP) is 12.3. The van der Waals surface area contributed by atoms with Gasteiger partial charge in [-0.25, -0.2) is 0 Å². The van der Waals surface area contributed by atoms with Crippen LogP contribution in [0.3, 0.4) is 0 Å². The van der Waals surface area contributed by atoms with Crippen LogP contribution < -0.4 is 37.9 Å². The van der Waals surface area contributed by atoms with Gasteiger partial charge in [-0.2, -0.15) is 26.3 Å². The largest absolute Gasteiger partial charge is 0.493 e. The van der Waals surface area contributed by atoms with Crippen molar-refractivity contribution in [3.8, 4) is 46.0 Å². The topological polar surface area (TPSA) is 161 Å². The fraction of sp³-hybridized carbons (Fsp3) is 0.420. The lowest BCUT2D eigenvalue weighted by Gasteiger charge is -2.47. The van der Waals surface area contributed by atoms with Crippen LogP contribution in [0.25, 0.3) is 0 Å². The van der Waals surface area contributed by atoms with E-state index >= 15 is 0 Å². The molecule has 6 atom stereocenters. The summed E-state index contributed by atoms with van der Waals surface area (Å²) in [5.74, 6) is -2.25. The number of benzene rings is 6. The number of halogens is 6. The van der Waals surface area contributed by atoms with Gasteiger partial charge >= 0.3 is 24.3 Å². The maximum Gasteiger partial charge on any atom is 0.416 e. The van der Waals surface area contributed by atoms with Gasteiger partial charge in [0.05, 0.1) is 108 Å². The number of Topliss-reactive ketones (excluding diaryl/α,β-unsaturated/α-hetero) is 2. The third-order valence-electron chi connectivity index (χ3n) is 17.7. The number of hydrogen-bond donors (Lipinski definition) is 0. The molecule has 6 unspecified atom stereocenters. The molecule has 2 aliphatic rings. The third-order valence-corrected chi connectivity index (χ3v) is 17.7. The van der Waals surface area contributed by atoms with Crippen LogP contribution in [-0.2, 0) is 57.1 Å². The number of carbonyl (C=O) groups excluding carboxylic acids is 4. The molecule has 0 fully saturated rings. The number of unbranched alkanes of at least 4 members (excludes halogenated alkanes) is 2. The minimum absolute atomic E-state index is 0.114. The molecule has 0 radical (unpaired) electrons. The zero-order valence-corrected chi connectivity index (χ0v) is 52.8. The number of ether oxygens (including phenoxy) is 10. The average Bonchev–Trinajstić information content (AvgIpc) is 0.772. The van der Waals surface area contributed by atoms with Crippen molar-refractivity contribution in [2.24, 2.45) is 11.8 Å². The number of nitrogens with zero attached hydrogens (tertiary/aromatic N) is 2. The summed E-state index contributed by atoms with van der Waals surface area (Å²) < 4.78 is 140. The van der Waals surface area contributed by atoms with Crippen LogP contribution in [0.4, 0.5) is 26.3 Å². The molecule has 2 heterocycles. The van der Waals surface area contributed by atoms with Gasteiger partial charge in [-0.15, -0.1) is 0 Å². The number of fused-ring (bicyclic) bond motifs is 2. The summed E-state index contributed by atoms with van der Waals surface area (Å²) in [6, 6.07) is 25.2. The van der Waals surface area contributed by atoms with E-state index in [1.165, 1.54) is 56.9 Å². The normalized spacial score (nSPS) is 18.5. The number of rotatable bonds is 28. The van der Waals surface area contributed by atoms with Gasteiger partial charge < -0.3 is 56.3 Å². The highest BCUT2D eigenvalue weighted by Gasteiger charge is 2.48. The second kappa shape index (κ2) is 29.2. The molecule has 91 heavy (non-hydrogen) atoms. The molecule has 0 N–H and O–H groups in total. The van der Waals surface area contributed by atoms with E-state index in [1.54, 1.807) is 12.1 Å². The van der Waals surface area contributed by atoms with Crippen LogP contribution in [0.5, 0.6) is 46.0 Å². The minimum Gasteiger partial charge on any atom is -0.493 e. The number of likely N-dealkylation sites (N-methyl/N-ethyl adjacent to an activating group) is 2. The number of quaternary nitrogens is 2. The number of ketones is 2. The highest BCUT2D eigenvalue weighted by molar-refractivity contribution is 6.09. The SMILES string of the molecule is COc1ccc(CC2c3cc(OC)c(OC)cc3CC[N+]2(C)CC(C(=O)OCCCCCOC(=O)C(C[N+]2(C)CCc3cc(OC)c(OC)cc3C2Cc2ccc(OC)c(OC)c2)C(=O)c2ccc(C(F)(F)F)cc2)C(=O)c2ccc(C(F)(F)F)cc2)cc1OC. The first kappa shape index (κ1) is 68.4. The van der Waals surface area contributed by atoms with Gasteiger partial charge in [0.1, 0.15) is 25.2 Å². The van der Waals surface area contributed by atoms with Crippen molar-refractivity contribution in [1.29, 1.82) is 0 Å². The summed E-state index contributed by atoms with van der Waals surface area (Å²) >= 11 is 0. The molecule has 2 aliphatic heterocycles. The Hall–Kier alpha value is -8.50. The highest BCUT2D eigenvalue weighted by atomic mass is 19.4. The molecule has 16 nitrogen and oxygen atoms in total. The van der Waals surface area contributed by atoms with Gasteiger partial charge in [0.25, 0.3) is 0 Å². The Bertz CT molecular complexity index is 3330. The first-order valence-electron chi connectivity index (χ1n) is 29.7. The molecule has 488 valence electrons. The molecular weight excluding hydrogens is 1190 g/mol. The quantitative estimate of drug-likeness (QED) is 0.0114. The van der Waals surface area contributed by atoms with Gasteiger partial charge in [0, 0.05) is 47.9 Å². The minimum atomic E-state index is -4.68. The Labute approximate surface area is 525 Å². The zero-order valence-electron chi connectivity index (χ0n) is 52.8. The number of esters is 2. The smallest absolute Gasteiger partial charge is 0.416 e. The van der Waals surface area contributed by atoms with Crippen LogP contribution >= 0.6 is 0 Å². The number of alkyl halides is 6. The summed E-state index contributed by atoms with van der Waals surface area (Å²) in [6.07, 6.45) is -6.84. The molecule has 6 aromatic rings. The third kappa shape index (κ3) is 15.6. The monoisotopic (exact) mass is 1270 g/mol. The number of methoxy groups -OCH3 is 8. The number of carbonyl (C=O) groups is 4. The van der Waals surface area contributed by atoms with Gasteiger partial charge in [-0.1, -0.05) is 36.4 Å². The van der Waals surface area contributed by atoms with E-state index in [0.29, 0.717) is 91.2 Å². The Morgan fingerprint density at radius 3 is 1.07 bits per heavy atom. The molecule has 0 amide bonds. The standard InChI is InChI=1S/C69H78F6N2O14/c1-76(28-26-46-36-60(86-7)62(88-9)38-50(46)54(76)32-42-14-24-56(82-3)58(34-42)84-5)40-52(64(78)44-16-20-48(21-17-44)68(70,71)72)66(80)90-30-12-11-13-31-91-67(81)53(65(79)45-18-22-49(23-19-45)69(73,74)75)41-77(2)29-27-47-37-61(87-8)63(89-10)39-51(47)55(77)33-43-15-25-57(83-4)59(35-43)85-6/h14-25,34-39,52-55H,11-13,26-33,40-41H2,1-10H3/q+2. The van der Waals surface area contributed by atoms with Crippen molar-refractivity contribution in [2.75, 3.05) is 110 Å². The van der Waals surface area contributed by atoms with Gasteiger partial charge in [0.15, 0.2) is 69.4 Å². The van der Waals surface area contributed by atoms with Crippen molar-refractivity contribution in [3.05, 3.63) is 165 Å². The van der Waals surface area contributed by atoms with Crippen LogP contribution in [0, 0.1) is 11.8 Å². The van der Waals surface area contributed by atoms with Crippen LogP contribution in [0.2, 0.25) is 0 Å². The summed E-state index contributed by atoms with van der Waals surface area (Å²) in [5.41, 5.74) is 3.18. The lowest BCUT2D eigenvalue weighted by Crippen LogP contribution is -2.56. The molecule has 8 rings (SSSR count). The van der Waals surface area contributed by atoms with E-state index in [0.717, 1.165) is 81.9 Å². The molecule has 0 bridgehead atoms. The van der Waals surface area contributed by atoms with E-state index in [2.05, 4.69) is 0 Å². The average molecular weight is 1270 g/mol. The lowest BCUT2D eigenvalue weighted by molar-refractivity contribution is -0.942. The highest BCUT2D eigenvalue weighted by Crippen LogP contribution is 2.47. The van der Waals surface area contributed by atoms with Crippen molar-refractivity contribution < 1.29 is 102 Å². The molecular formula is C69H78F6N2O14+2. The second-order valence-corrected chi connectivity index (χ2v) is 23.3. The van der Waals surface area contributed by atoms with Crippen molar-refractivity contribution in [1.82, 2.24) is 0 Å². The first-order valence-corrected chi connectivity index (χ1v) is 29.7. The Balaban J connectivity index is 1.02. The fourth-order valence-corrected chi connectivity index (χ4v) is 12.6. The van der Waals surface area contributed by atoms with Gasteiger partial charge in [-0.05, 0) is 114 Å². The second-order valence-electron chi connectivity index (χ2n) is 23.3. The van der Waals surface area contributed by atoms with Crippen LogP contribution in [0.1, 0.15) is 96.6 Å². The van der Waals surface area contributed by atoms with Gasteiger partial charge in [0.2, 0.25) is 0 Å². The van der Waals surface area contributed by atoms with E-state index < -0.39 is 70.9 Å². The molecule has 0 saturated heterocycles. The van der Waals surface area contributed by atoms with Crippen molar-refractivity contribution >= 4 is 23.5 Å². The molecule has 0 spiro atoms. The maximum absolute atomic E-state index is 14.7. The zero-order chi connectivity index (χ0) is 66.0. The van der Waals surface area contributed by atoms with E-state index in [-0.39, 0.29) is 59.2 Å².